The minimum Gasteiger partial charge on any atom is -0.322 e. The van der Waals surface area contributed by atoms with E-state index in [9.17, 15) is 4.79 Å². The van der Waals surface area contributed by atoms with E-state index in [1.54, 1.807) is 12.3 Å². The van der Waals surface area contributed by atoms with Gasteiger partial charge in [-0.05, 0) is 40.8 Å². The number of nitrogens with zero attached hydrogens (tertiary/aromatic N) is 1. The van der Waals surface area contributed by atoms with Crippen LogP contribution in [0.5, 0.6) is 0 Å². The molecule has 0 fully saturated rings. The SMILES string of the molecule is CC(C)(C)c1ccc(C=CC(=O)Nc2ccc3cccnc3c2)cc1. The van der Waals surface area contributed by atoms with Crippen LogP contribution in [0.3, 0.4) is 0 Å². The van der Waals surface area contributed by atoms with Crippen molar-refractivity contribution in [2.45, 2.75) is 26.2 Å². The second-order valence-electron chi connectivity index (χ2n) is 7.11. The zero-order valence-electron chi connectivity index (χ0n) is 14.8. The summed E-state index contributed by atoms with van der Waals surface area (Å²) in [5.41, 5.74) is 4.01. The summed E-state index contributed by atoms with van der Waals surface area (Å²) < 4.78 is 0. The van der Waals surface area contributed by atoms with Crippen molar-refractivity contribution in [3.63, 3.8) is 0 Å². The summed E-state index contributed by atoms with van der Waals surface area (Å²) in [5.74, 6) is -0.157. The van der Waals surface area contributed by atoms with Crippen LogP contribution in [0.4, 0.5) is 5.69 Å². The maximum absolute atomic E-state index is 12.1. The van der Waals surface area contributed by atoms with Gasteiger partial charge in [-0.25, -0.2) is 0 Å². The van der Waals surface area contributed by atoms with Crippen molar-refractivity contribution in [3.8, 4) is 0 Å². The molecule has 0 unspecified atom stereocenters. The Morgan fingerprint density at radius 3 is 2.52 bits per heavy atom. The van der Waals surface area contributed by atoms with E-state index >= 15 is 0 Å². The molecule has 0 aliphatic carbocycles. The molecule has 0 saturated carbocycles. The minimum absolute atomic E-state index is 0.129. The van der Waals surface area contributed by atoms with Gasteiger partial charge in [-0.1, -0.05) is 57.2 Å². The molecule has 3 nitrogen and oxygen atoms in total. The van der Waals surface area contributed by atoms with Gasteiger partial charge in [0.15, 0.2) is 0 Å². The number of hydrogen-bond donors (Lipinski definition) is 1. The number of aromatic nitrogens is 1. The van der Waals surface area contributed by atoms with Gasteiger partial charge < -0.3 is 5.32 Å². The second-order valence-corrected chi connectivity index (χ2v) is 7.11. The van der Waals surface area contributed by atoms with E-state index in [-0.39, 0.29) is 11.3 Å². The third-order valence-electron chi connectivity index (χ3n) is 4.08. The molecule has 2 aromatic carbocycles. The summed E-state index contributed by atoms with van der Waals surface area (Å²) in [7, 11) is 0. The molecule has 3 rings (SSSR count). The molecule has 1 amide bonds. The smallest absolute Gasteiger partial charge is 0.248 e. The number of benzene rings is 2. The van der Waals surface area contributed by atoms with E-state index in [2.05, 4.69) is 43.2 Å². The van der Waals surface area contributed by atoms with Gasteiger partial charge in [0.2, 0.25) is 5.91 Å². The number of carbonyl (C=O) groups is 1. The van der Waals surface area contributed by atoms with Crippen LogP contribution in [0, 0.1) is 0 Å². The predicted molar refractivity (Wildman–Crippen MR) is 105 cm³/mol. The van der Waals surface area contributed by atoms with Crippen molar-refractivity contribution < 1.29 is 4.79 Å². The van der Waals surface area contributed by atoms with Crippen LogP contribution >= 0.6 is 0 Å². The van der Waals surface area contributed by atoms with E-state index in [4.69, 9.17) is 0 Å². The molecule has 25 heavy (non-hydrogen) atoms. The Hall–Kier alpha value is -2.94. The van der Waals surface area contributed by atoms with Gasteiger partial charge in [0.25, 0.3) is 0 Å². The molecule has 0 bridgehead atoms. The molecule has 1 aromatic heterocycles. The zero-order valence-corrected chi connectivity index (χ0v) is 14.8. The molecule has 0 aliphatic heterocycles. The maximum atomic E-state index is 12.1. The van der Waals surface area contributed by atoms with Gasteiger partial charge in [0.1, 0.15) is 0 Å². The van der Waals surface area contributed by atoms with Crippen LogP contribution < -0.4 is 5.32 Å². The highest BCUT2D eigenvalue weighted by Gasteiger charge is 2.12. The molecule has 0 saturated heterocycles. The van der Waals surface area contributed by atoms with Crippen LogP contribution in [-0.2, 0) is 10.2 Å². The number of rotatable bonds is 3. The van der Waals surface area contributed by atoms with Crippen molar-refractivity contribution in [2.24, 2.45) is 0 Å². The van der Waals surface area contributed by atoms with Crippen molar-refractivity contribution in [1.29, 1.82) is 0 Å². The number of pyridine rings is 1. The normalized spacial score (nSPS) is 11.8. The standard InChI is InChI=1S/C22H22N2O/c1-22(2,3)18-10-6-16(7-11-18)8-13-21(25)24-19-12-9-17-5-4-14-23-20(17)15-19/h4-15H,1-3H3,(H,24,25). The van der Waals surface area contributed by atoms with Gasteiger partial charge in [-0.15, -0.1) is 0 Å². The van der Waals surface area contributed by atoms with Crippen molar-refractivity contribution in [2.75, 3.05) is 5.32 Å². The zero-order chi connectivity index (χ0) is 17.9. The van der Waals surface area contributed by atoms with Crippen molar-refractivity contribution in [1.82, 2.24) is 4.98 Å². The van der Waals surface area contributed by atoms with Crippen LogP contribution in [0.1, 0.15) is 31.9 Å². The molecule has 0 atom stereocenters. The summed E-state index contributed by atoms with van der Waals surface area (Å²) >= 11 is 0. The lowest BCUT2D eigenvalue weighted by Crippen LogP contribution is -2.10. The number of anilines is 1. The lowest BCUT2D eigenvalue weighted by atomic mass is 9.87. The molecule has 0 spiro atoms. The van der Waals surface area contributed by atoms with Crippen molar-refractivity contribution in [3.05, 3.63) is 78.0 Å². The summed E-state index contributed by atoms with van der Waals surface area (Å²) in [6, 6.07) is 17.9. The number of nitrogens with one attached hydrogen (secondary N) is 1. The molecule has 3 heteroatoms. The number of carbonyl (C=O) groups excluding carboxylic acids is 1. The molecule has 0 radical (unpaired) electrons. The van der Waals surface area contributed by atoms with Gasteiger partial charge in [0, 0.05) is 23.3 Å². The third-order valence-corrected chi connectivity index (χ3v) is 4.08. The van der Waals surface area contributed by atoms with E-state index in [0.29, 0.717) is 0 Å². The summed E-state index contributed by atoms with van der Waals surface area (Å²) in [6.45, 7) is 6.55. The van der Waals surface area contributed by atoms with Gasteiger partial charge >= 0.3 is 0 Å². The van der Waals surface area contributed by atoms with E-state index in [1.165, 1.54) is 5.56 Å². The topological polar surface area (TPSA) is 42.0 Å². The van der Waals surface area contributed by atoms with Crippen LogP contribution in [0.25, 0.3) is 17.0 Å². The molecular formula is C22H22N2O. The third kappa shape index (κ3) is 4.32. The minimum atomic E-state index is -0.157. The fourth-order valence-corrected chi connectivity index (χ4v) is 2.59. The fourth-order valence-electron chi connectivity index (χ4n) is 2.59. The van der Waals surface area contributed by atoms with Gasteiger partial charge in [-0.2, -0.15) is 0 Å². The number of amides is 1. The number of hydrogen-bond acceptors (Lipinski definition) is 2. The molecule has 126 valence electrons. The first-order valence-corrected chi connectivity index (χ1v) is 8.36. The molecule has 3 aromatic rings. The molecule has 1 heterocycles. The van der Waals surface area contributed by atoms with Crippen LogP contribution in [0.15, 0.2) is 66.9 Å². The summed E-state index contributed by atoms with van der Waals surface area (Å²) in [4.78, 5) is 16.4. The highest BCUT2D eigenvalue weighted by atomic mass is 16.1. The van der Waals surface area contributed by atoms with Gasteiger partial charge in [0.05, 0.1) is 5.52 Å². The first-order valence-electron chi connectivity index (χ1n) is 8.36. The quantitative estimate of drug-likeness (QED) is 0.672. The molecule has 1 N–H and O–H groups in total. The molecular weight excluding hydrogens is 308 g/mol. The fraction of sp³-hybridized carbons (Fsp3) is 0.182. The lowest BCUT2D eigenvalue weighted by molar-refractivity contribution is -0.111. The Labute approximate surface area is 148 Å². The predicted octanol–water partition coefficient (Wildman–Crippen LogP) is 5.18. The average Bonchev–Trinajstić information content (AvgIpc) is 2.59. The lowest BCUT2D eigenvalue weighted by Gasteiger charge is -2.18. The first kappa shape index (κ1) is 16.9. The highest BCUT2D eigenvalue weighted by Crippen LogP contribution is 2.22. The first-order chi connectivity index (χ1) is 11.9. The highest BCUT2D eigenvalue weighted by molar-refractivity contribution is 6.02. The van der Waals surface area contributed by atoms with Crippen LogP contribution in [0.2, 0.25) is 0 Å². The van der Waals surface area contributed by atoms with Gasteiger partial charge in [-0.3, -0.25) is 9.78 Å². The van der Waals surface area contributed by atoms with Crippen molar-refractivity contribution >= 4 is 28.6 Å². The Balaban J connectivity index is 1.67. The maximum Gasteiger partial charge on any atom is 0.248 e. The Morgan fingerprint density at radius 1 is 1.04 bits per heavy atom. The monoisotopic (exact) mass is 330 g/mol. The number of fused-ring (bicyclic) bond motifs is 1. The van der Waals surface area contributed by atoms with E-state index in [0.717, 1.165) is 22.2 Å². The molecule has 0 aliphatic rings. The van der Waals surface area contributed by atoms with Crippen LogP contribution in [-0.4, -0.2) is 10.9 Å². The summed E-state index contributed by atoms with van der Waals surface area (Å²) in [5, 5.41) is 3.93. The second kappa shape index (κ2) is 6.89. The Morgan fingerprint density at radius 2 is 1.80 bits per heavy atom. The van der Waals surface area contributed by atoms with E-state index in [1.807, 2.05) is 48.5 Å². The average molecular weight is 330 g/mol. The Bertz CT molecular complexity index is 919. The summed E-state index contributed by atoms with van der Waals surface area (Å²) in [6.07, 6.45) is 5.12. The van der Waals surface area contributed by atoms with E-state index < -0.39 is 0 Å². The Kier molecular flexibility index (Phi) is 4.66. The largest absolute Gasteiger partial charge is 0.322 e.